The van der Waals surface area contributed by atoms with Crippen molar-refractivity contribution in [2.75, 3.05) is 12.9 Å². The Kier molecular flexibility index (Phi) is 8.31. The Balaban J connectivity index is 2.48. The molecule has 0 spiro atoms. The van der Waals surface area contributed by atoms with Gasteiger partial charge in [0.05, 0.1) is 12.0 Å². The van der Waals surface area contributed by atoms with Crippen molar-refractivity contribution >= 4 is 28.6 Å². The fourth-order valence-corrected chi connectivity index (χ4v) is 4.56. The topological polar surface area (TPSA) is 95.9 Å². The minimum Gasteiger partial charge on any atom is -0.497 e. The summed E-state index contributed by atoms with van der Waals surface area (Å²) in [6.45, 7) is -0.0140. The van der Waals surface area contributed by atoms with E-state index in [0.29, 0.717) is 17.9 Å². The van der Waals surface area contributed by atoms with Gasteiger partial charge in [-0.25, -0.2) is 13.9 Å². The van der Waals surface area contributed by atoms with Gasteiger partial charge in [0.25, 0.3) is 5.91 Å². The van der Waals surface area contributed by atoms with E-state index in [4.69, 9.17) is 9.94 Å². The smallest absolute Gasteiger partial charge is 0.261 e. The largest absolute Gasteiger partial charge is 0.497 e. The molecule has 0 saturated heterocycles. The minimum absolute atomic E-state index is 0.0140. The van der Waals surface area contributed by atoms with E-state index in [2.05, 4.69) is 12.6 Å². The summed E-state index contributed by atoms with van der Waals surface area (Å²) in [5.74, 6) is 0.222. The van der Waals surface area contributed by atoms with Gasteiger partial charge in [0.15, 0.2) is 0 Å². The number of hydrogen-bond donors (Lipinski definition) is 3. The highest BCUT2D eigenvalue weighted by Crippen LogP contribution is 2.25. The van der Waals surface area contributed by atoms with E-state index in [1.54, 1.807) is 41.9 Å². The standard InChI is InChI=1S/C19H24N2O5S2/c1-26-16-9-11-17(12-10-16)28(24,25)21(14-15-6-3-2-4-7-15)18(8-5-13-27)19(22)20-23/h2-4,6-7,9-12,18,23,27H,5,8,13-14H2,1H3,(H,20,22). The van der Waals surface area contributed by atoms with Crippen molar-refractivity contribution in [3.8, 4) is 5.75 Å². The molecule has 0 heterocycles. The zero-order valence-corrected chi connectivity index (χ0v) is 17.2. The Labute approximate surface area is 170 Å². The van der Waals surface area contributed by atoms with Gasteiger partial charge >= 0.3 is 0 Å². The molecule has 0 bridgehead atoms. The lowest BCUT2D eigenvalue weighted by molar-refractivity contribution is -0.133. The number of hydrogen-bond acceptors (Lipinski definition) is 6. The van der Waals surface area contributed by atoms with Crippen LogP contribution in [0.3, 0.4) is 0 Å². The van der Waals surface area contributed by atoms with Crippen molar-refractivity contribution in [3.63, 3.8) is 0 Å². The van der Waals surface area contributed by atoms with Crippen LogP contribution in [0.5, 0.6) is 5.75 Å². The average molecular weight is 425 g/mol. The van der Waals surface area contributed by atoms with E-state index in [9.17, 15) is 13.2 Å². The third kappa shape index (κ3) is 5.48. The van der Waals surface area contributed by atoms with Crippen LogP contribution < -0.4 is 10.2 Å². The van der Waals surface area contributed by atoms with E-state index in [1.807, 2.05) is 6.07 Å². The Hall–Kier alpha value is -2.07. The van der Waals surface area contributed by atoms with E-state index in [1.165, 1.54) is 19.2 Å². The molecule has 2 aromatic carbocycles. The van der Waals surface area contributed by atoms with Crippen molar-refractivity contribution in [2.45, 2.75) is 30.3 Å². The van der Waals surface area contributed by atoms with Crippen molar-refractivity contribution in [3.05, 3.63) is 60.2 Å². The number of ether oxygens (including phenoxy) is 1. The van der Waals surface area contributed by atoms with Gasteiger partial charge in [-0.1, -0.05) is 30.3 Å². The second-order valence-corrected chi connectivity index (χ2v) is 8.41. The van der Waals surface area contributed by atoms with Gasteiger partial charge in [0.1, 0.15) is 11.8 Å². The zero-order chi connectivity index (χ0) is 20.6. The SMILES string of the molecule is COc1ccc(S(=O)(=O)N(Cc2ccccc2)C(CCCS)C(=O)NO)cc1. The van der Waals surface area contributed by atoms with Crippen LogP contribution in [0.4, 0.5) is 0 Å². The molecule has 1 atom stereocenters. The summed E-state index contributed by atoms with van der Waals surface area (Å²) in [7, 11) is -2.54. The predicted molar refractivity (Wildman–Crippen MR) is 109 cm³/mol. The van der Waals surface area contributed by atoms with Crippen LogP contribution in [0.15, 0.2) is 59.5 Å². The first kappa shape index (κ1) is 22.2. The number of thiol groups is 1. The van der Waals surface area contributed by atoms with Crippen LogP contribution in [-0.2, 0) is 21.4 Å². The number of nitrogens with zero attached hydrogens (tertiary/aromatic N) is 1. The summed E-state index contributed by atoms with van der Waals surface area (Å²) in [5.41, 5.74) is 2.32. The zero-order valence-electron chi connectivity index (χ0n) is 15.5. The molecule has 1 unspecified atom stereocenters. The highest BCUT2D eigenvalue weighted by Gasteiger charge is 2.35. The third-order valence-corrected chi connectivity index (χ3v) is 6.43. The van der Waals surface area contributed by atoms with Crippen LogP contribution in [-0.4, -0.2) is 42.7 Å². The summed E-state index contributed by atoms with van der Waals surface area (Å²) in [6, 6.07) is 13.8. The van der Waals surface area contributed by atoms with Crippen LogP contribution in [0.2, 0.25) is 0 Å². The van der Waals surface area contributed by atoms with Gasteiger partial charge < -0.3 is 4.74 Å². The predicted octanol–water partition coefficient (Wildman–Crippen LogP) is 2.47. The molecule has 0 aliphatic heterocycles. The van der Waals surface area contributed by atoms with Crippen LogP contribution in [0.25, 0.3) is 0 Å². The number of benzene rings is 2. The normalized spacial score (nSPS) is 12.6. The molecule has 2 aromatic rings. The molecule has 0 aromatic heterocycles. The quantitative estimate of drug-likeness (QED) is 0.309. The lowest BCUT2D eigenvalue weighted by Crippen LogP contribution is -2.48. The molecule has 2 rings (SSSR count). The first-order valence-corrected chi connectivity index (χ1v) is 10.8. The Morgan fingerprint density at radius 2 is 1.82 bits per heavy atom. The minimum atomic E-state index is -4.03. The maximum atomic E-state index is 13.4. The number of amides is 1. The fraction of sp³-hybridized carbons (Fsp3) is 0.316. The second kappa shape index (κ2) is 10.5. The number of sulfonamides is 1. The molecule has 0 aliphatic carbocycles. The third-order valence-electron chi connectivity index (χ3n) is 4.24. The lowest BCUT2D eigenvalue weighted by atomic mass is 10.1. The summed E-state index contributed by atoms with van der Waals surface area (Å²) >= 11 is 4.15. The Bertz CT molecular complexity index is 858. The molecule has 28 heavy (non-hydrogen) atoms. The number of methoxy groups -OCH3 is 1. The molecule has 7 nitrogen and oxygen atoms in total. The molecule has 1 amide bonds. The van der Waals surface area contributed by atoms with Crippen LogP contribution in [0, 0.1) is 0 Å². The Morgan fingerprint density at radius 3 is 2.36 bits per heavy atom. The van der Waals surface area contributed by atoms with Gasteiger partial charge in [0, 0.05) is 6.54 Å². The van der Waals surface area contributed by atoms with Gasteiger partial charge in [-0.05, 0) is 48.4 Å². The fourth-order valence-electron chi connectivity index (χ4n) is 2.77. The van der Waals surface area contributed by atoms with E-state index in [-0.39, 0.29) is 17.9 Å². The van der Waals surface area contributed by atoms with Crippen LogP contribution in [0.1, 0.15) is 18.4 Å². The molecule has 0 aliphatic rings. The summed E-state index contributed by atoms with van der Waals surface area (Å²) in [6.07, 6.45) is 0.725. The van der Waals surface area contributed by atoms with E-state index in [0.717, 1.165) is 9.87 Å². The molecular formula is C19H24N2O5S2. The highest BCUT2D eigenvalue weighted by atomic mass is 32.2. The lowest BCUT2D eigenvalue weighted by Gasteiger charge is -2.29. The monoisotopic (exact) mass is 424 g/mol. The number of nitrogens with one attached hydrogen (secondary N) is 1. The molecule has 0 fully saturated rings. The second-order valence-electron chi connectivity index (χ2n) is 6.07. The van der Waals surface area contributed by atoms with Crippen molar-refractivity contribution in [1.82, 2.24) is 9.79 Å². The molecule has 152 valence electrons. The average Bonchev–Trinajstić information content (AvgIpc) is 2.73. The van der Waals surface area contributed by atoms with Crippen LogP contribution >= 0.6 is 12.6 Å². The number of rotatable bonds is 10. The summed E-state index contributed by atoms with van der Waals surface area (Å²) < 4.78 is 32.9. The number of carbonyl (C=O) groups is 1. The van der Waals surface area contributed by atoms with Gasteiger partial charge in [0.2, 0.25) is 10.0 Å². The van der Waals surface area contributed by atoms with Gasteiger partial charge in [-0.15, -0.1) is 0 Å². The maximum Gasteiger partial charge on any atom is 0.261 e. The van der Waals surface area contributed by atoms with Crippen molar-refractivity contribution < 1.29 is 23.2 Å². The maximum absolute atomic E-state index is 13.4. The van der Waals surface area contributed by atoms with Gasteiger partial charge in [-0.2, -0.15) is 16.9 Å². The van der Waals surface area contributed by atoms with Gasteiger partial charge in [-0.3, -0.25) is 10.0 Å². The first-order chi connectivity index (χ1) is 13.4. The van der Waals surface area contributed by atoms with E-state index >= 15 is 0 Å². The number of carbonyl (C=O) groups excluding carboxylic acids is 1. The number of hydroxylamine groups is 1. The molecule has 2 N–H and O–H groups in total. The molecular weight excluding hydrogens is 400 g/mol. The highest BCUT2D eigenvalue weighted by molar-refractivity contribution is 7.89. The van der Waals surface area contributed by atoms with E-state index < -0.39 is 22.0 Å². The Morgan fingerprint density at radius 1 is 1.18 bits per heavy atom. The molecule has 0 saturated carbocycles. The molecule has 0 radical (unpaired) electrons. The van der Waals surface area contributed by atoms with Crippen molar-refractivity contribution in [1.29, 1.82) is 0 Å². The summed E-state index contributed by atoms with van der Waals surface area (Å²) in [5, 5.41) is 9.17. The first-order valence-electron chi connectivity index (χ1n) is 8.68. The molecule has 9 heteroatoms. The summed E-state index contributed by atoms with van der Waals surface area (Å²) in [4.78, 5) is 12.3. The van der Waals surface area contributed by atoms with Crippen molar-refractivity contribution in [2.24, 2.45) is 0 Å².